The second-order valence-corrected chi connectivity index (χ2v) is 16.7. The zero-order valence-electron chi connectivity index (χ0n) is 29.7. The van der Waals surface area contributed by atoms with Gasteiger partial charge < -0.3 is 25.2 Å². The number of benzene rings is 1. The van der Waals surface area contributed by atoms with Gasteiger partial charge in [-0.15, -0.1) is 0 Å². The van der Waals surface area contributed by atoms with Gasteiger partial charge in [-0.25, -0.2) is 28.4 Å². The van der Waals surface area contributed by atoms with Gasteiger partial charge in [0.15, 0.2) is 9.84 Å². The first-order chi connectivity index (χ1) is 23.8. The van der Waals surface area contributed by atoms with Gasteiger partial charge in [-0.1, -0.05) is 0 Å². The van der Waals surface area contributed by atoms with E-state index in [1.54, 1.807) is 45.3 Å². The minimum Gasteiger partial charge on any atom is -0.492 e. The van der Waals surface area contributed by atoms with E-state index in [2.05, 4.69) is 57.5 Å². The molecule has 15 nitrogen and oxygen atoms in total. The zero-order valence-corrected chi connectivity index (χ0v) is 30.5. The van der Waals surface area contributed by atoms with Crippen LogP contribution in [0.5, 0.6) is 5.75 Å². The van der Waals surface area contributed by atoms with Gasteiger partial charge in [-0.3, -0.25) is 14.8 Å². The summed E-state index contributed by atoms with van der Waals surface area (Å²) >= 11 is 0. The van der Waals surface area contributed by atoms with Crippen molar-refractivity contribution < 1.29 is 17.9 Å². The van der Waals surface area contributed by atoms with E-state index in [4.69, 9.17) is 4.74 Å². The van der Waals surface area contributed by atoms with Crippen molar-refractivity contribution in [3.05, 3.63) is 47.8 Å². The van der Waals surface area contributed by atoms with Crippen molar-refractivity contribution in [1.29, 1.82) is 0 Å². The molecular weight excluding hydrogens is 659 g/mol. The second-order valence-electron chi connectivity index (χ2n) is 14.0. The second kappa shape index (κ2) is 14.4. The number of amides is 1. The molecule has 1 amide bonds. The van der Waals surface area contributed by atoms with E-state index in [0.29, 0.717) is 54.3 Å². The van der Waals surface area contributed by atoms with E-state index in [1.165, 1.54) is 6.33 Å². The third kappa shape index (κ3) is 7.51. The highest BCUT2D eigenvalue weighted by molar-refractivity contribution is 7.92. The SMILES string of the molecule is Cc1n[nH]c(Nc2ncnc3cc(OCCCN4CCN(c5cnc(C(=O)N6CCN[C@H](C)C6)cn5)CC4)c(S(=O)(=O)C(C)(C)C)cc23)c1C. The monoisotopic (exact) mass is 705 g/mol. The zero-order chi connectivity index (χ0) is 35.6. The van der Waals surface area contributed by atoms with Crippen LogP contribution >= 0.6 is 0 Å². The van der Waals surface area contributed by atoms with Crippen LogP contribution in [0.3, 0.4) is 0 Å². The van der Waals surface area contributed by atoms with E-state index in [0.717, 1.165) is 56.3 Å². The fourth-order valence-electron chi connectivity index (χ4n) is 6.09. The number of aromatic amines is 1. The highest BCUT2D eigenvalue weighted by Crippen LogP contribution is 2.37. The molecule has 1 aromatic carbocycles. The number of H-pyrrole nitrogens is 1. The van der Waals surface area contributed by atoms with Gasteiger partial charge in [0.25, 0.3) is 5.91 Å². The normalized spacial score (nSPS) is 17.7. The number of aryl methyl sites for hydroxylation is 1. The van der Waals surface area contributed by atoms with Crippen molar-refractivity contribution in [2.24, 2.45) is 0 Å². The highest BCUT2D eigenvalue weighted by atomic mass is 32.2. The summed E-state index contributed by atoms with van der Waals surface area (Å²) in [6.45, 7) is 17.4. The lowest BCUT2D eigenvalue weighted by atomic mass is 10.2. The highest BCUT2D eigenvalue weighted by Gasteiger charge is 2.34. The molecule has 5 heterocycles. The third-order valence-electron chi connectivity index (χ3n) is 9.38. The number of carbonyl (C=O) groups excluding carboxylic acids is 1. The number of carbonyl (C=O) groups is 1. The van der Waals surface area contributed by atoms with Gasteiger partial charge in [0.2, 0.25) is 0 Å². The minimum absolute atomic E-state index is 0.0818. The molecule has 268 valence electrons. The molecule has 50 heavy (non-hydrogen) atoms. The number of rotatable bonds is 10. The standard InChI is InChI=1S/C34H47N11O4S/c1-22-20-45(10-8-35-22)33(46)27-18-37-30(19-36-27)44-13-11-43(12-14-44)9-7-15-49-28-17-26-25(16-29(28)50(47,48)34(4,5)6)32(39-21-38-26)40-31-23(2)24(3)41-42-31/h16-19,21-22,35H,7-15,20H2,1-6H3,(H2,38,39,40,41,42)/t22-/m1/s1. The van der Waals surface area contributed by atoms with Gasteiger partial charge >= 0.3 is 0 Å². The first kappa shape index (κ1) is 35.4. The van der Waals surface area contributed by atoms with Crippen molar-refractivity contribution in [3.63, 3.8) is 0 Å². The number of ether oxygens (including phenoxy) is 1. The fourth-order valence-corrected chi connectivity index (χ4v) is 7.40. The van der Waals surface area contributed by atoms with Gasteiger partial charge in [0.1, 0.15) is 40.1 Å². The Balaban J connectivity index is 1.07. The predicted octanol–water partition coefficient (Wildman–Crippen LogP) is 3.10. The van der Waals surface area contributed by atoms with Crippen LogP contribution in [0.2, 0.25) is 0 Å². The molecule has 2 aliphatic rings. The average molecular weight is 706 g/mol. The first-order valence-electron chi connectivity index (χ1n) is 17.1. The van der Waals surface area contributed by atoms with Gasteiger partial charge in [-0.05, 0) is 54.0 Å². The Morgan fingerprint density at radius 1 is 1.04 bits per heavy atom. The molecule has 0 saturated carbocycles. The van der Waals surface area contributed by atoms with Gasteiger partial charge in [0.05, 0.1) is 35.0 Å². The molecule has 6 rings (SSSR count). The molecule has 0 aliphatic carbocycles. The van der Waals surface area contributed by atoms with Crippen molar-refractivity contribution in [2.45, 2.75) is 63.6 Å². The van der Waals surface area contributed by atoms with Crippen LogP contribution in [0.15, 0.2) is 35.7 Å². The van der Waals surface area contributed by atoms with Crippen LogP contribution in [-0.2, 0) is 9.84 Å². The predicted molar refractivity (Wildman–Crippen MR) is 192 cm³/mol. The lowest BCUT2D eigenvalue weighted by Gasteiger charge is -2.35. The Morgan fingerprint density at radius 3 is 2.48 bits per heavy atom. The van der Waals surface area contributed by atoms with Crippen molar-refractivity contribution in [1.82, 2.24) is 45.2 Å². The number of anilines is 3. The number of fused-ring (bicyclic) bond motifs is 1. The molecule has 2 saturated heterocycles. The summed E-state index contributed by atoms with van der Waals surface area (Å²) in [6, 6.07) is 3.56. The fraction of sp³-hybridized carbons (Fsp3) is 0.529. The Hall–Kier alpha value is -4.41. The van der Waals surface area contributed by atoms with Gasteiger partial charge in [0, 0.05) is 75.4 Å². The molecule has 4 aromatic rings. The molecule has 2 fully saturated rings. The smallest absolute Gasteiger partial charge is 0.274 e. The maximum Gasteiger partial charge on any atom is 0.274 e. The van der Waals surface area contributed by atoms with E-state index in [-0.39, 0.29) is 22.6 Å². The molecule has 0 spiro atoms. The number of sulfone groups is 1. The largest absolute Gasteiger partial charge is 0.492 e. The Labute approximate surface area is 293 Å². The number of hydrogen-bond donors (Lipinski definition) is 3. The van der Waals surface area contributed by atoms with Crippen molar-refractivity contribution >= 4 is 44.1 Å². The summed E-state index contributed by atoms with van der Waals surface area (Å²) in [6.07, 6.45) is 5.43. The minimum atomic E-state index is -3.78. The molecule has 0 radical (unpaired) electrons. The number of aromatic nitrogens is 6. The van der Waals surface area contributed by atoms with Crippen LogP contribution < -0.4 is 20.3 Å². The van der Waals surface area contributed by atoms with E-state index >= 15 is 0 Å². The van der Waals surface area contributed by atoms with Crippen LogP contribution in [0, 0.1) is 13.8 Å². The molecule has 0 bridgehead atoms. The number of hydrogen-bond acceptors (Lipinski definition) is 13. The Bertz CT molecular complexity index is 1940. The van der Waals surface area contributed by atoms with E-state index in [1.807, 2.05) is 18.7 Å². The first-order valence-corrected chi connectivity index (χ1v) is 18.6. The lowest BCUT2D eigenvalue weighted by Crippen LogP contribution is -2.51. The van der Waals surface area contributed by atoms with E-state index < -0.39 is 14.6 Å². The van der Waals surface area contributed by atoms with E-state index in [9.17, 15) is 13.2 Å². The summed E-state index contributed by atoms with van der Waals surface area (Å²) < 4.78 is 32.8. The molecule has 2 aliphatic heterocycles. The third-order valence-corrected chi connectivity index (χ3v) is 11.9. The van der Waals surface area contributed by atoms with Crippen molar-refractivity contribution in [2.75, 3.05) is 69.2 Å². The van der Waals surface area contributed by atoms with Crippen LogP contribution in [0.4, 0.5) is 17.5 Å². The lowest BCUT2D eigenvalue weighted by molar-refractivity contribution is 0.0702. The Morgan fingerprint density at radius 2 is 1.82 bits per heavy atom. The molecule has 3 aromatic heterocycles. The summed E-state index contributed by atoms with van der Waals surface area (Å²) in [7, 11) is -3.78. The number of piperazine rings is 2. The topological polar surface area (TPSA) is 174 Å². The van der Waals surface area contributed by atoms with Crippen LogP contribution in [0.1, 0.15) is 55.9 Å². The molecular formula is C34H47N11O4S. The maximum atomic E-state index is 13.8. The van der Waals surface area contributed by atoms with Crippen LogP contribution in [0.25, 0.3) is 10.9 Å². The molecule has 1 atom stereocenters. The number of nitrogens with zero attached hydrogens (tertiary/aromatic N) is 8. The van der Waals surface area contributed by atoms with Crippen molar-refractivity contribution in [3.8, 4) is 5.75 Å². The maximum absolute atomic E-state index is 13.8. The average Bonchev–Trinajstić information content (AvgIpc) is 3.41. The summed E-state index contributed by atoms with van der Waals surface area (Å²) in [5, 5.41) is 14.4. The molecule has 0 unspecified atom stereocenters. The molecule has 3 N–H and O–H groups in total. The molecule has 16 heteroatoms. The van der Waals surface area contributed by atoms with Crippen LogP contribution in [-0.4, -0.2) is 124 Å². The number of nitrogens with one attached hydrogen (secondary N) is 3. The quantitative estimate of drug-likeness (QED) is 0.206. The Kier molecular flexibility index (Phi) is 10.2. The summed E-state index contributed by atoms with van der Waals surface area (Å²) in [5.41, 5.74) is 2.73. The van der Waals surface area contributed by atoms with Gasteiger partial charge in [-0.2, -0.15) is 5.10 Å². The summed E-state index contributed by atoms with van der Waals surface area (Å²) in [5.74, 6) is 2.11. The summed E-state index contributed by atoms with van der Waals surface area (Å²) in [4.78, 5) is 37.2.